The lowest BCUT2D eigenvalue weighted by molar-refractivity contribution is 0.361. The molecule has 0 radical (unpaired) electrons. The summed E-state index contributed by atoms with van der Waals surface area (Å²) in [5.74, 6) is 4.00. The minimum atomic E-state index is 0.575. The van der Waals surface area contributed by atoms with Crippen molar-refractivity contribution in [3.63, 3.8) is 0 Å². The van der Waals surface area contributed by atoms with Crippen LogP contribution >= 0.6 is 0 Å². The highest BCUT2D eigenvalue weighted by molar-refractivity contribution is 4.87. The van der Waals surface area contributed by atoms with Crippen molar-refractivity contribution in [1.29, 1.82) is 0 Å². The molecule has 1 N–H and O–H groups in total. The molecule has 2 atom stereocenters. The summed E-state index contributed by atoms with van der Waals surface area (Å²) in [7, 11) is 0. The Hall–Kier alpha value is -0.480. The second kappa shape index (κ2) is 6.08. The number of terminal acetylenes is 1. The molecule has 0 aromatic carbocycles. The molecule has 0 rings (SSSR count). The van der Waals surface area contributed by atoms with Gasteiger partial charge in [-0.1, -0.05) is 27.7 Å². The Morgan fingerprint density at radius 2 is 1.75 bits per heavy atom. The quantitative estimate of drug-likeness (QED) is 0.619. The maximum Gasteiger partial charge on any atom is 0.0115 e. The van der Waals surface area contributed by atoms with E-state index in [0.29, 0.717) is 17.9 Å². The van der Waals surface area contributed by atoms with E-state index >= 15 is 0 Å². The lowest BCUT2D eigenvalue weighted by Gasteiger charge is -2.19. The third-order valence-corrected chi connectivity index (χ3v) is 2.26. The molecule has 0 fully saturated rings. The summed E-state index contributed by atoms with van der Waals surface area (Å²) in [6, 6.07) is 0.575. The summed E-state index contributed by atoms with van der Waals surface area (Å²) >= 11 is 0. The smallest absolute Gasteiger partial charge is 0.0115 e. The van der Waals surface area contributed by atoms with Gasteiger partial charge in [0.2, 0.25) is 0 Å². The maximum atomic E-state index is 5.25. The van der Waals surface area contributed by atoms with Gasteiger partial charge in [0, 0.05) is 12.5 Å². The molecule has 1 nitrogen and oxygen atoms in total. The van der Waals surface area contributed by atoms with Crippen molar-refractivity contribution in [2.45, 2.75) is 40.2 Å². The third-order valence-electron chi connectivity index (χ3n) is 2.26. The summed E-state index contributed by atoms with van der Waals surface area (Å²) in [6.45, 7) is 9.86. The van der Waals surface area contributed by atoms with E-state index < -0.39 is 0 Å². The Bertz CT molecular complexity index is 144. The van der Waals surface area contributed by atoms with E-state index in [-0.39, 0.29) is 0 Å². The molecular weight excluding hydrogens is 146 g/mol. The van der Waals surface area contributed by atoms with Crippen LogP contribution in [0.4, 0.5) is 0 Å². The molecule has 2 unspecified atom stereocenters. The average molecular weight is 167 g/mol. The first kappa shape index (κ1) is 11.5. The predicted octanol–water partition coefficient (Wildman–Crippen LogP) is 2.28. The second-order valence-electron chi connectivity index (χ2n) is 3.93. The fourth-order valence-corrected chi connectivity index (χ4v) is 1.01. The van der Waals surface area contributed by atoms with Crippen LogP contribution in [0.25, 0.3) is 0 Å². The summed E-state index contributed by atoms with van der Waals surface area (Å²) in [5.41, 5.74) is 0. The molecule has 0 aliphatic carbocycles. The number of hydrogen-bond acceptors (Lipinski definition) is 1. The molecule has 0 heterocycles. The van der Waals surface area contributed by atoms with Crippen molar-refractivity contribution < 1.29 is 0 Å². The van der Waals surface area contributed by atoms with E-state index in [1.54, 1.807) is 0 Å². The SMILES string of the molecule is C#CCC(C)C(C)CNC(C)C. The highest BCUT2D eigenvalue weighted by atomic mass is 14.9. The van der Waals surface area contributed by atoms with Crippen LogP contribution in [0, 0.1) is 24.2 Å². The Kier molecular flexibility index (Phi) is 5.84. The van der Waals surface area contributed by atoms with Gasteiger partial charge in [-0.25, -0.2) is 0 Å². The highest BCUT2D eigenvalue weighted by Gasteiger charge is 2.10. The number of rotatable bonds is 5. The molecule has 0 saturated heterocycles. The van der Waals surface area contributed by atoms with Gasteiger partial charge in [-0.3, -0.25) is 0 Å². The van der Waals surface area contributed by atoms with Crippen LogP contribution in [0.5, 0.6) is 0 Å². The minimum absolute atomic E-state index is 0.575. The van der Waals surface area contributed by atoms with E-state index in [9.17, 15) is 0 Å². The fraction of sp³-hybridized carbons (Fsp3) is 0.818. The van der Waals surface area contributed by atoms with E-state index in [1.807, 2.05) is 0 Å². The molecule has 0 amide bonds. The van der Waals surface area contributed by atoms with Crippen molar-refractivity contribution >= 4 is 0 Å². The van der Waals surface area contributed by atoms with Crippen molar-refractivity contribution in [2.24, 2.45) is 11.8 Å². The average Bonchev–Trinajstić information content (AvgIpc) is 2.00. The lowest BCUT2D eigenvalue weighted by atomic mass is 9.93. The molecular formula is C11H21N. The van der Waals surface area contributed by atoms with E-state index in [1.165, 1.54) is 0 Å². The fourth-order valence-electron chi connectivity index (χ4n) is 1.01. The molecule has 0 aliphatic rings. The van der Waals surface area contributed by atoms with E-state index in [2.05, 4.69) is 38.9 Å². The summed E-state index contributed by atoms with van der Waals surface area (Å²) in [5, 5.41) is 3.42. The Balaban J connectivity index is 3.57. The normalized spacial score (nSPS) is 15.7. The van der Waals surface area contributed by atoms with Gasteiger partial charge in [0.05, 0.1) is 0 Å². The van der Waals surface area contributed by atoms with Crippen LogP contribution < -0.4 is 5.32 Å². The van der Waals surface area contributed by atoms with Crippen LogP contribution in [0.3, 0.4) is 0 Å². The molecule has 0 spiro atoms. The van der Waals surface area contributed by atoms with Gasteiger partial charge < -0.3 is 5.32 Å². The molecule has 0 bridgehead atoms. The van der Waals surface area contributed by atoms with Crippen LogP contribution in [0.1, 0.15) is 34.1 Å². The summed E-state index contributed by atoms with van der Waals surface area (Å²) in [6.07, 6.45) is 6.14. The lowest BCUT2D eigenvalue weighted by Crippen LogP contribution is -2.30. The number of hydrogen-bond donors (Lipinski definition) is 1. The Morgan fingerprint density at radius 3 is 2.17 bits per heavy atom. The zero-order valence-electron chi connectivity index (χ0n) is 8.72. The standard InChI is InChI=1S/C11H21N/c1-6-7-10(4)11(5)8-12-9(2)3/h1,9-12H,7-8H2,2-5H3. The van der Waals surface area contributed by atoms with E-state index in [4.69, 9.17) is 6.42 Å². The van der Waals surface area contributed by atoms with Gasteiger partial charge in [0.15, 0.2) is 0 Å². The minimum Gasteiger partial charge on any atom is -0.314 e. The van der Waals surface area contributed by atoms with Crippen LogP contribution in [-0.4, -0.2) is 12.6 Å². The van der Waals surface area contributed by atoms with Gasteiger partial charge in [-0.2, -0.15) is 0 Å². The van der Waals surface area contributed by atoms with Gasteiger partial charge in [-0.15, -0.1) is 12.3 Å². The number of nitrogens with one attached hydrogen (secondary N) is 1. The first-order valence-corrected chi connectivity index (χ1v) is 4.74. The van der Waals surface area contributed by atoms with Gasteiger partial charge in [0.25, 0.3) is 0 Å². The molecule has 12 heavy (non-hydrogen) atoms. The van der Waals surface area contributed by atoms with Crippen molar-refractivity contribution in [3.05, 3.63) is 0 Å². The van der Waals surface area contributed by atoms with Crippen molar-refractivity contribution in [1.82, 2.24) is 5.32 Å². The first-order valence-electron chi connectivity index (χ1n) is 4.74. The van der Waals surface area contributed by atoms with E-state index in [0.717, 1.165) is 13.0 Å². The molecule has 0 aromatic heterocycles. The monoisotopic (exact) mass is 167 g/mol. The Labute approximate surface area is 76.9 Å². The first-order chi connectivity index (χ1) is 5.57. The predicted molar refractivity (Wildman–Crippen MR) is 54.9 cm³/mol. The molecule has 1 heteroatoms. The zero-order valence-corrected chi connectivity index (χ0v) is 8.72. The topological polar surface area (TPSA) is 12.0 Å². The summed E-state index contributed by atoms with van der Waals surface area (Å²) < 4.78 is 0. The highest BCUT2D eigenvalue weighted by Crippen LogP contribution is 2.13. The maximum absolute atomic E-state index is 5.25. The van der Waals surface area contributed by atoms with Gasteiger partial charge in [-0.05, 0) is 18.4 Å². The molecule has 0 saturated carbocycles. The largest absolute Gasteiger partial charge is 0.314 e. The van der Waals surface area contributed by atoms with Crippen molar-refractivity contribution in [2.75, 3.05) is 6.54 Å². The molecule has 0 aromatic rings. The van der Waals surface area contributed by atoms with Crippen molar-refractivity contribution in [3.8, 4) is 12.3 Å². The van der Waals surface area contributed by atoms with Gasteiger partial charge >= 0.3 is 0 Å². The Morgan fingerprint density at radius 1 is 1.17 bits per heavy atom. The van der Waals surface area contributed by atoms with Gasteiger partial charge in [0.1, 0.15) is 0 Å². The van der Waals surface area contributed by atoms with Crippen LogP contribution in [0.15, 0.2) is 0 Å². The molecule has 70 valence electrons. The second-order valence-corrected chi connectivity index (χ2v) is 3.93. The van der Waals surface area contributed by atoms with Crippen LogP contribution in [-0.2, 0) is 0 Å². The summed E-state index contributed by atoms with van der Waals surface area (Å²) in [4.78, 5) is 0. The van der Waals surface area contributed by atoms with Crippen LogP contribution in [0.2, 0.25) is 0 Å². The third kappa shape index (κ3) is 5.21. The molecule has 0 aliphatic heterocycles. The zero-order chi connectivity index (χ0) is 9.56.